The van der Waals surface area contributed by atoms with Gasteiger partial charge in [0.05, 0.1) is 36.9 Å². The van der Waals surface area contributed by atoms with Gasteiger partial charge >= 0.3 is 11.9 Å². The third-order valence-corrected chi connectivity index (χ3v) is 9.67. The lowest BCUT2D eigenvalue weighted by Crippen LogP contribution is -2.26. The number of ether oxygens (including phenoxy) is 2. The van der Waals surface area contributed by atoms with Crippen LogP contribution in [0.25, 0.3) is 39.3 Å². The molecule has 3 N–H and O–H groups in total. The van der Waals surface area contributed by atoms with Crippen molar-refractivity contribution < 1.29 is 23.9 Å². The Balaban J connectivity index is 2.01. The molecule has 1 amide bonds. The first-order valence-corrected chi connectivity index (χ1v) is 16.5. The van der Waals surface area contributed by atoms with E-state index in [1.54, 1.807) is 0 Å². The van der Waals surface area contributed by atoms with Crippen molar-refractivity contribution in [2.24, 2.45) is 0 Å². The molecule has 3 aromatic heterocycles. The normalized spacial score (nSPS) is 15.8. The van der Waals surface area contributed by atoms with Crippen molar-refractivity contribution >= 4 is 57.1 Å². The molecule has 10 heteroatoms. The molecule has 0 aliphatic carbocycles. The van der Waals surface area contributed by atoms with Gasteiger partial charge in [-0.15, -0.1) is 0 Å². The van der Waals surface area contributed by atoms with Crippen LogP contribution in [-0.2, 0) is 25.5 Å². The highest BCUT2D eigenvalue weighted by Crippen LogP contribution is 2.44. The maximum Gasteiger partial charge on any atom is 0.341 e. The monoisotopic (exact) mass is 651 g/mol. The van der Waals surface area contributed by atoms with E-state index in [-0.39, 0.29) is 41.4 Å². The summed E-state index contributed by atoms with van der Waals surface area (Å²) >= 11 is 0. The molecule has 2 atom stereocenters. The van der Waals surface area contributed by atoms with Crippen molar-refractivity contribution in [1.29, 1.82) is 0 Å². The Morgan fingerprint density at radius 2 is 1.67 bits per heavy atom. The molecule has 10 nitrogen and oxygen atoms in total. The summed E-state index contributed by atoms with van der Waals surface area (Å²) in [6, 6.07) is 6.03. The first-order chi connectivity index (χ1) is 23.0. The minimum absolute atomic E-state index is 0.113. The smallest absolute Gasteiger partial charge is 0.341 e. The van der Waals surface area contributed by atoms with E-state index < -0.39 is 5.97 Å². The zero-order chi connectivity index (χ0) is 34.9. The van der Waals surface area contributed by atoms with Gasteiger partial charge in [0.25, 0.3) is 5.91 Å². The van der Waals surface area contributed by atoms with Gasteiger partial charge in [-0.1, -0.05) is 33.4 Å². The summed E-state index contributed by atoms with van der Waals surface area (Å²) in [6.07, 6.45) is 3.84. The second-order valence-corrected chi connectivity index (χ2v) is 12.4. The van der Waals surface area contributed by atoms with Gasteiger partial charge in [-0.2, -0.15) is 0 Å². The van der Waals surface area contributed by atoms with Crippen LogP contribution in [0.3, 0.4) is 0 Å². The van der Waals surface area contributed by atoms with Crippen LogP contribution >= 0.6 is 0 Å². The molecule has 8 bridgehead atoms. The highest BCUT2D eigenvalue weighted by molar-refractivity contribution is 6.28. The Morgan fingerprint density at radius 3 is 2.31 bits per heavy atom. The van der Waals surface area contributed by atoms with Gasteiger partial charge in [0, 0.05) is 58.1 Å². The second-order valence-electron chi connectivity index (χ2n) is 12.4. The number of aryl methyl sites for hydroxylation is 3. The summed E-state index contributed by atoms with van der Waals surface area (Å²) < 4.78 is 10.3. The molecular formula is C38H45N5O5. The summed E-state index contributed by atoms with van der Waals surface area (Å²) in [5.41, 5.74) is 10.7. The molecule has 0 aromatic carbocycles. The molecule has 5 rings (SSSR count). The number of H-pyrrole nitrogens is 2. The van der Waals surface area contributed by atoms with Crippen molar-refractivity contribution in [3.63, 3.8) is 0 Å². The lowest BCUT2D eigenvalue weighted by atomic mass is 9.85. The zero-order valence-electron chi connectivity index (χ0n) is 29.1. The van der Waals surface area contributed by atoms with Crippen molar-refractivity contribution in [2.45, 2.75) is 79.1 Å². The number of carbonyl (C=O) groups excluding carboxylic acids is 3. The predicted octanol–water partition coefficient (Wildman–Crippen LogP) is 7.22. The lowest BCUT2D eigenvalue weighted by molar-refractivity contribution is -0.140. The maximum absolute atomic E-state index is 13.9. The van der Waals surface area contributed by atoms with E-state index in [1.165, 1.54) is 14.2 Å². The number of methoxy groups -OCH3 is 2. The zero-order valence-corrected chi connectivity index (χ0v) is 29.1. The van der Waals surface area contributed by atoms with Crippen LogP contribution < -0.4 is 5.32 Å². The van der Waals surface area contributed by atoms with Crippen molar-refractivity contribution in [3.8, 4) is 0 Å². The number of rotatable bonds is 9. The van der Waals surface area contributed by atoms with E-state index in [9.17, 15) is 14.4 Å². The van der Waals surface area contributed by atoms with Crippen molar-refractivity contribution in [3.05, 3.63) is 75.4 Å². The van der Waals surface area contributed by atoms with Gasteiger partial charge in [0.15, 0.2) is 0 Å². The Hall–Kier alpha value is -4.99. The molecule has 0 radical (unpaired) electrons. The Bertz CT molecular complexity index is 2010. The van der Waals surface area contributed by atoms with Gasteiger partial charge in [0.2, 0.25) is 0 Å². The van der Waals surface area contributed by atoms with Crippen LogP contribution in [0.5, 0.6) is 0 Å². The van der Waals surface area contributed by atoms with Gasteiger partial charge in [0.1, 0.15) is 5.56 Å². The molecule has 0 fully saturated rings. The number of fused-ring (bicyclic) bond motifs is 8. The van der Waals surface area contributed by atoms with E-state index >= 15 is 0 Å². The quantitative estimate of drug-likeness (QED) is 0.208. The number of aromatic amines is 2. The molecule has 0 unspecified atom stereocenters. The van der Waals surface area contributed by atoms with Crippen LogP contribution in [0, 0.1) is 13.8 Å². The third kappa shape index (κ3) is 6.07. The highest BCUT2D eigenvalue weighted by atomic mass is 16.5. The molecule has 3 aromatic rings. The summed E-state index contributed by atoms with van der Waals surface area (Å²) in [5.74, 6) is -1.91. The standard InChI is InChI=1S/C38H45N5O5/c1-10-15-39-37(45)33-22(7)29-18-31-24(12-3)20(5)27(41-31)17-30-23(11-2)19(4)26(40-30)16-28-21(6)25(13-14-32(44)47-8)35(42-28)34(36(33)43-29)38(46)48-9/h11,16-18,21,25,40-41H,2,10,12-15H2,1,3-9H3,(H,39,45)/t21-,25-/m0/s1. The predicted molar refractivity (Wildman–Crippen MR) is 189 cm³/mol. The number of aromatic nitrogens is 4. The maximum atomic E-state index is 13.9. The van der Waals surface area contributed by atoms with E-state index in [0.29, 0.717) is 35.5 Å². The molecule has 0 saturated heterocycles. The van der Waals surface area contributed by atoms with E-state index in [4.69, 9.17) is 19.4 Å². The fourth-order valence-electron chi connectivity index (χ4n) is 6.86. The number of amides is 1. The molecule has 0 spiro atoms. The molecule has 2 aliphatic rings. The fourth-order valence-corrected chi connectivity index (χ4v) is 6.86. The van der Waals surface area contributed by atoms with Crippen LogP contribution in [0.15, 0.2) is 24.8 Å². The minimum Gasteiger partial charge on any atom is -0.469 e. The molecule has 0 saturated carbocycles. The minimum atomic E-state index is -0.658. The van der Waals surface area contributed by atoms with Crippen LogP contribution in [0.1, 0.15) is 114 Å². The molecular weight excluding hydrogens is 606 g/mol. The van der Waals surface area contributed by atoms with Gasteiger partial charge in [-0.05, 0) is 80.5 Å². The number of nitrogens with zero attached hydrogens (tertiary/aromatic N) is 2. The van der Waals surface area contributed by atoms with E-state index in [0.717, 1.165) is 62.9 Å². The fraction of sp³-hybridized carbons (Fsp3) is 0.395. The molecule has 48 heavy (non-hydrogen) atoms. The largest absolute Gasteiger partial charge is 0.469 e. The Labute approximate surface area is 281 Å². The first kappa shape index (κ1) is 34.3. The number of nitrogens with one attached hydrogen (secondary N) is 3. The first-order valence-electron chi connectivity index (χ1n) is 16.5. The summed E-state index contributed by atoms with van der Waals surface area (Å²) in [4.78, 5) is 57.3. The van der Waals surface area contributed by atoms with Crippen LogP contribution in [0.4, 0.5) is 0 Å². The van der Waals surface area contributed by atoms with Gasteiger partial charge < -0.3 is 24.8 Å². The van der Waals surface area contributed by atoms with Crippen molar-refractivity contribution in [2.75, 3.05) is 20.8 Å². The van der Waals surface area contributed by atoms with Crippen LogP contribution in [-0.4, -0.2) is 58.5 Å². The highest BCUT2D eigenvalue weighted by Gasteiger charge is 2.37. The van der Waals surface area contributed by atoms with E-state index in [1.807, 2.05) is 45.9 Å². The number of hydrogen-bond donors (Lipinski definition) is 3. The Kier molecular flexibility index (Phi) is 10.0. The summed E-state index contributed by atoms with van der Waals surface area (Å²) in [6.45, 7) is 16.6. The van der Waals surface area contributed by atoms with Crippen molar-refractivity contribution in [1.82, 2.24) is 25.3 Å². The third-order valence-electron chi connectivity index (χ3n) is 9.67. The van der Waals surface area contributed by atoms with Crippen LogP contribution in [0.2, 0.25) is 0 Å². The topological polar surface area (TPSA) is 139 Å². The SMILES string of the molecule is C=Cc1c(C)c2cc3nc(c(C(=O)OC)c4nc(cc5[nH]c(cc1[nH]2)c(C)c5CC)C(C)=C4C(=O)NCCC)[C@@H](CCC(=O)OC)[C@@H]3C. The number of allylic oxidation sites excluding steroid dienone is 1. The lowest BCUT2D eigenvalue weighted by Gasteiger charge is -2.18. The molecule has 5 heterocycles. The molecule has 2 aliphatic heterocycles. The molecule has 252 valence electrons. The average molecular weight is 652 g/mol. The summed E-state index contributed by atoms with van der Waals surface area (Å²) in [5, 5.41) is 2.98. The second kappa shape index (κ2) is 14.0. The van der Waals surface area contributed by atoms with Gasteiger partial charge in [-0.3, -0.25) is 14.6 Å². The number of esters is 2. The Morgan fingerprint density at radius 1 is 0.958 bits per heavy atom. The summed E-state index contributed by atoms with van der Waals surface area (Å²) in [7, 11) is 2.66. The van der Waals surface area contributed by atoms with E-state index in [2.05, 4.69) is 41.8 Å². The van der Waals surface area contributed by atoms with Gasteiger partial charge in [-0.25, -0.2) is 9.78 Å². The number of hydrogen-bond acceptors (Lipinski definition) is 7. The number of carbonyl (C=O) groups is 3. The average Bonchev–Trinajstić information content (AvgIpc) is 3.75.